The number of aromatic nitrogens is 4. The topological polar surface area (TPSA) is 81.9 Å². The Labute approximate surface area is 146 Å². The SMILES string of the molecule is CCC(CC)NC(=O)CSc1nnnn1-c1cc(C)ccc1OC. The number of thioether (sulfide) groups is 1. The summed E-state index contributed by atoms with van der Waals surface area (Å²) in [6, 6.07) is 6.00. The third-order valence-corrected chi connectivity index (χ3v) is 4.61. The van der Waals surface area contributed by atoms with E-state index in [1.807, 2.05) is 25.1 Å². The molecule has 0 unspecified atom stereocenters. The van der Waals surface area contributed by atoms with E-state index in [0.717, 1.165) is 24.1 Å². The summed E-state index contributed by atoms with van der Waals surface area (Å²) in [7, 11) is 1.61. The second kappa shape index (κ2) is 8.68. The fourth-order valence-corrected chi connectivity index (χ4v) is 2.97. The molecule has 24 heavy (non-hydrogen) atoms. The van der Waals surface area contributed by atoms with Crippen LogP contribution in [0.1, 0.15) is 32.3 Å². The molecule has 0 aliphatic heterocycles. The maximum atomic E-state index is 12.1. The molecule has 1 aromatic carbocycles. The number of methoxy groups -OCH3 is 1. The first-order chi connectivity index (χ1) is 11.6. The van der Waals surface area contributed by atoms with Crippen LogP contribution in [0.4, 0.5) is 0 Å². The van der Waals surface area contributed by atoms with E-state index >= 15 is 0 Å². The minimum atomic E-state index is -0.0144. The highest BCUT2D eigenvalue weighted by Gasteiger charge is 2.16. The highest BCUT2D eigenvalue weighted by atomic mass is 32.2. The number of hydrogen-bond donors (Lipinski definition) is 1. The Morgan fingerprint density at radius 2 is 2.12 bits per heavy atom. The van der Waals surface area contributed by atoms with Crippen molar-refractivity contribution in [2.45, 2.75) is 44.8 Å². The molecule has 1 aromatic heterocycles. The van der Waals surface area contributed by atoms with Crippen LogP contribution in [0.2, 0.25) is 0 Å². The summed E-state index contributed by atoms with van der Waals surface area (Å²) in [4.78, 5) is 12.1. The third-order valence-electron chi connectivity index (χ3n) is 3.69. The molecule has 0 saturated carbocycles. The number of tetrazole rings is 1. The van der Waals surface area contributed by atoms with Crippen molar-refractivity contribution in [2.24, 2.45) is 0 Å². The van der Waals surface area contributed by atoms with Crippen LogP contribution in [-0.2, 0) is 4.79 Å². The second-order valence-electron chi connectivity index (χ2n) is 5.42. The van der Waals surface area contributed by atoms with Crippen LogP contribution in [-0.4, -0.2) is 45.0 Å². The number of carbonyl (C=O) groups is 1. The zero-order valence-corrected chi connectivity index (χ0v) is 15.3. The van der Waals surface area contributed by atoms with E-state index in [1.165, 1.54) is 11.8 Å². The molecular formula is C16H23N5O2S. The van der Waals surface area contributed by atoms with Crippen molar-refractivity contribution in [2.75, 3.05) is 12.9 Å². The van der Waals surface area contributed by atoms with Gasteiger partial charge in [0.1, 0.15) is 11.4 Å². The molecule has 1 heterocycles. The van der Waals surface area contributed by atoms with Gasteiger partial charge in [-0.25, -0.2) is 0 Å². The Morgan fingerprint density at radius 3 is 2.79 bits per heavy atom. The van der Waals surface area contributed by atoms with Crippen LogP contribution in [0.5, 0.6) is 5.75 Å². The molecule has 1 N–H and O–H groups in total. The Morgan fingerprint density at radius 1 is 1.38 bits per heavy atom. The third kappa shape index (κ3) is 4.47. The second-order valence-corrected chi connectivity index (χ2v) is 6.36. The fourth-order valence-electron chi connectivity index (χ4n) is 2.28. The molecule has 2 rings (SSSR count). The van der Waals surface area contributed by atoms with Gasteiger partial charge in [-0.1, -0.05) is 31.7 Å². The highest BCUT2D eigenvalue weighted by molar-refractivity contribution is 7.99. The van der Waals surface area contributed by atoms with Gasteiger partial charge in [0, 0.05) is 6.04 Å². The van der Waals surface area contributed by atoms with E-state index in [-0.39, 0.29) is 17.7 Å². The number of aryl methyl sites for hydroxylation is 1. The fraction of sp³-hybridized carbons (Fsp3) is 0.500. The monoisotopic (exact) mass is 349 g/mol. The quantitative estimate of drug-likeness (QED) is 0.737. The van der Waals surface area contributed by atoms with Crippen LogP contribution in [0.25, 0.3) is 5.69 Å². The summed E-state index contributed by atoms with van der Waals surface area (Å²) in [5.41, 5.74) is 1.83. The van der Waals surface area contributed by atoms with Gasteiger partial charge in [-0.15, -0.1) is 5.10 Å². The van der Waals surface area contributed by atoms with E-state index < -0.39 is 0 Å². The summed E-state index contributed by atoms with van der Waals surface area (Å²) in [5, 5.41) is 15.3. The van der Waals surface area contributed by atoms with Gasteiger partial charge in [-0.3, -0.25) is 4.79 Å². The van der Waals surface area contributed by atoms with Gasteiger partial charge < -0.3 is 10.1 Å². The van der Waals surface area contributed by atoms with Crippen LogP contribution < -0.4 is 10.1 Å². The molecular weight excluding hydrogens is 326 g/mol. The predicted octanol–water partition coefficient (Wildman–Crippen LogP) is 2.38. The lowest BCUT2D eigenvalue weighted by molar-refractivity contribution is -0.119. The number of nitrogens with one attached hydrogen (secondary N) is 1. The molecule has 0 aliphatic rings. The molecule has 0 fully saturated rings. The molecule has 0 aliphatic carbocycles. The maximum Gasteiger partial charge on any atom is 0.230 e. The van der Waals surface area contributed by atoms with E-state index in [9.17, 15) is 4.79 Å². The van der Waals surface area contributed by atoms with Gasteiger partial charge in [0.15, 0.2) is 0 Å². The summed E-state index contributed by atoms with van der Waals surface area (Å²) in [6.45, 7) is 6.11. The Hall–Kier alpha value is -2.09. The summed E-state index contributed by atoms with van der Waals surface area (Å²) >= 11 is 1.30. The molecule has 0 atom stereocenters. The average Bonchev–Trinajstić information content (AvgIpc) is 3.06. The molecule has 0 saturated heterocycles. The first-order valence-corrected chi connectivity index (χ1v) is 8.93. The van der Waals surface area contributed by atoms with Gasteiger partial charge in [-0.2, -0.15) is 4.68 Å². The number of carbonyl (C=O) groups excluding carboxylic acids is 1. The lowest BCUT2D eigenvalue weighted by atomic mass is 10.2. The number of nitrogens with zero attached hydrogens (tertiary/aromatic N) is 4. The van der Waals surface area contributed by atoms with Gasteiger partial charge in [0.2, 0.25) is 11.1 Å². The largest absolute Gasteiger partial charge is 0.494 e. The molecule has 7 nitrogen and oxygen atoms in total. The van der Waals surface area contributed by atoms with E-state index in [2.05, 4.69) is 34.7 Å². The molecule has 0 radical (unpaired) electrons. The lowest BCUT2D eigenvalue weighted by Gasteiger charge is -2.14. The lowest BCUT2D eigenvalue weighted by Crippen LogP contribution is -2.35. The van der Waals surface area contributed by atoms with Crippen molar-refractivity contribution >= 4 is 17.7 Å². The molecule has 2 aromatic rings. The summed E-state index contributed by atoms with van der Waals surface area (Å²) in [6.07, 6.45) is 1.84. The van der Waals surface area contributed by atoms with Crippen LogP contribution in [0.3, 0.4) is 0 Å². The van der Waals surface area contributed by atoms with Crippen molar-refractivity contribution < 1.29 is 9.53 Å². The molecule has 8 heteroatoms. The minimum Gasteiger partial charge on any atom is -0.494 e. The van der Waals surface area contributed by atoms with Crippen molar-refractivity contribution in [1.82, 2.24) is 25.5 Å². The number of benzene rings is 1. The first-order valence-electron chi connectivity index (χ1n) is 7.94. The maximum absolute atomic E-state index is 12.1. The van der Waals surface area contributed by atoms with Gasteiger partial charge >= 0.3 is 0 Å². The standard InChI is InChI=1S/C16H23N5O2S/c1-5-12(6-2)17-15(22)10-24-16-18-19-20-21(16)13-9-11(3)7-8-14(13)23-4/h7-9,12H,5-6,10H2,1-4H3,(H,17,22). The summed E-state index contributed by atoms with van der Waals surface area (Å²) in [5.74, 6) is 0.932. The number of rotatable bonds is 8. The Bertz CT molecular complexity index is 685. The number of ether oxygens (including phenoxy) is 1. The van der Waals surface area contributed by atoms with Crippen molar-refractivity contribution in [3.05, 3.63) is 23.8 Å². The van der Waals surface area contributed by atoms with E-state index in [1.54, 1.807) is 11.8 Å². The van der Waals surface area contributed by atoms with Crippen LogP contribution in [0, 0.1) is 6.92 Å². The average molecular weight is 349 g/mol. The highest BCUT2D eigenvalue weighted by Crippen LogP contribution is 2.26. The first kappa shape index (κ1) is 18.3. The Kier molecular flexibility index (Phi) is 6.60. The van der Waals surface area contributed by atoms with Gasteiger partial charge in [-0.05, 0) is 47.9 Å². The van der Waals surface area contributed by atoms with Gasteiger partial charge in [0.05, 0.1) is 12.9 Å². The Balaban J connectivity index is 2.11. The number of amides is 1. The van der Waals surface area contributed by atoms with Crippen molar-refractivity contribution in [1.29, 1.82) is 0 Å². The van der Waals surface area contributed by atoms with E-state index in [4.69, 9.17) is 4.74 Å². The van der Waals surface area contributed by atoms with Crippen LogP contribution >= 0.6 is 11.8 Å². The molecule has 130 valence electrons. The molecule has 1 amide bonds. The zero-order chi connectivity index (χ0) is 17.5. The predicted molar refractivity (Wildman–Crippen MR) is 93.7 cm³/mol. The molecule has 0 bridgehead atoms. The van der Waals surface area contributed by atoms with Crippen molar-refractivity contribution in [3.8, 4) is 11.4 Å². The normalized spacial score (nSPS) is 10.9. The van der Waals surface area contributed by atoms with E-state index in [0.29, 0.717) is 10.9 Å². The smallest absolute Gasteiger partial charge is 0.230 e. The van der Waals surface area contributed by atoms with Gasteiger partial charge in [0.25, 0.3) is 0 Å². The van der Waals surface area contributed by atoms with Crippen LogP contribution in [0.15, 0.2) is 23.4 Å². The molecule has 0 spiro atoms. The number of hydrogen-bond acceptors (Lipinski definition) is 6. The summed E-state index contributed by atoms with van der Waals surface area (Å²) < 4.78 is 6.98. The van der Waals surface area contributed by atoms with Crippen molar-refractivity contribution in [3.63, 3.8) is 0 Å². The zero-order valence-electron chi connectivity index (χ0n) is 14.4. The minimum absolute atomic E-state index is 0.0144.